The lowest BCUT2D eigenvalue weighted by atomic mass is 9.97. The standard InChI is InChI=1S/C23H29N3O4S/c1-15-5-8-21(17(3)13-15)31(29,30)26-11-9-18(10-12-26)23(28)25-20-14-19(22(27)24-4)7-6-16(20)2/h5-8,13-14,18H,9-12H2,1-4H3,(H,24,27)(H,25,28). The molecule has 31 heavy (non-hydrogen) atoms. The fraction of sp³-hybridized carbons (Fsp3) is 0.391. The van der Waals surface area contributed by atoms with Crippen molar-refractivity contribution in [2.24, 2.45) is 5.92 Å². The molecule has 0 saturated carbocycles. The van der Waals surface area contributed by atoms with E-state index in [0.29, 0.717) is 42.1 Å². The van der Waals surface area contributed by atoms with Crippen LogP contribution in [0.4, 0.5) is 5.69 Å². The van der Waals surface area contributed by atoms with Gasteiger partial charge in [0.1, 0.15) is 0 Å². The van der Waals surface area contributed by atoms with Gasteiger partial charge in [-0.2, -0.15) is 4.31 Å². The molecule has 3 rings (SSSR count). The average Bonchev–Trinajstić information content (AvgIpc) is 2.74. The SMILES string of the molecule is CNC(=O)c1ccc(C)c(NC(=O)C2CCN(S(=O)(=O)c3ccc(C)cc3C)CC2)c1. The summed E-state index contributed by atoms with van der Waals surface area (Å²) in [4.78, 5) is 25.0. The van der Waals surface area contributed by atoms with E-state index < -0.39 is 10.0 Å². The van der Waals surface area contributed by atoms with Gasteiger partial charge in [-0.25, -0.2) is 8.42 Å². The number of aryl methyl sites for hydroxylation is 3. The van der Waals surface area contributed by atoms with Gasteiger partial charge in [-0.1, -0.05) is 23.8 Å². The first-order valence-electron chi connectivity index (χ1n) is 10.3. The van der Waals surface area contributed by atoms with Crippen LogP contribution < -0.4 is 10.6 Å². The fourth-order valence-corrected chi connectivity index (χ4v) is 5.54. The Morgan fingerprint density at radius 3 is 2.26 bits per heavy atom. The van der Waals surface area contributed by atoms with Gasteiger partial charge in [0.25, 0.3) is 5.91 Å². The maximum atomic E-state index is 13.0. The number of benzene rings is 2. The summed E-state index contributed by atoms with van der Waals surface area (Å²) in [6.07, 6.45) is 0.897. The first kappa shape index (κ1) is 23.0. The highest BCUT2D eigenvalue weighted by Gasteiger charge is 2.33. The summed E-state index contributed by atoms with van der Waals surface area (Å²) in [5.41, 5.74) is 3.67. The maximum Gasteiger partial charge on any atom is 0.251 e. The van der Waals surface area contributed by atoms with Crippen LogP contribution >= 0.6 is 0 Å². The third-order valence-corrected chi connectivity index (χ3v) is 7.82. The molecule has 2 aromatic carbocycles. The van der Waals surface area contributed by atoms with Crippen LogP contribution in [0, 0.1) is 26.7 Å². The number of piperidine rings is 1. The monoisotopic (exact) mass is 443 g/mol. The summed E-state index contributed by atoms with van der Waals surface area (Å²) >= 11 is 0. The number of sulfonamides is 1. The van der Waals surface area contributed by atoms with Crippen LogP contribution in [0.15, 0.2) is 41.3 Å². The van der Waals surface area contributed by atoms with E-state index in [4.69, 9.17) is 0 Å². The van der Waals surface area contributed by atoms with Crippen molar-refractivity contribution >= 4 is 27.5 Å². The summed E-state index contributed by atoms with van der Waals surface area (Å²) in [5.74, 6) is -0.658. The van der Waals surface area contributed by atoms with Crippen molar-refractivity contribution in [3.05, 3.63) is 58.7 Å². The van der Waals surface area contributed by atoms with E-state index in [-0.39, 0.29) is 17.7 Å². The molecule has 7 nitrogen and oxygen atoms in total. The first-order chi connectivity index (χ1) is 14.6. The Hall–Kier alpha value is -2.71. The Morgan fingerprint density at radius 1 is 0.968 bits per heavy atom. The third kappa shape index (κ3) is 4.97. The molecule has 1 aliphatic rings. The minimum Gasteiger partial charge on any atom is -0.355 e. The highest BCUT2D eigenvalue weighted by molar-refractivity contribution is 7.89. The fourth-order valence-electron chi connectivity index (χ4n) is 3.86. The molecule has 1 heterocycles. The zero-order chi connectivity index (χ0) is 22.8. The number of amides is 2. The van der Waals surface area contributed by atoms with Crippen molar-refractivity contribution in [1.82, 2.24) is 9.62 Å². The van der Waals surface area contributed by atoms with Gasteiger partial charge in [0, 0.05) is 37.3 Å². The molecule has 0 atom stereocenters. The number of carbonyl (C=O) groups is 2. The number of anilines is 1. The van der Waals surface area contributed by atoms with Crippen molar-refractivity contribution in [3.63, 3.8) is 0 Å². The second kappa shape index (κ2) is 9.20. The Balaban J connectivity index is 1.67. The topological polar surface area (TPSA) is 95.6 Å². The summed E-state index contributed by atoms with van der Waals surface area (Å²) in [7, 11) is -2.03. The molecule has 0 bridgehead atoms. The van der Waals surface area contributed by atoms with Crippen LogP contribution in [0.2, 0.25) is 0 Å². The number of hydrogen-bond donors (Lipinski definition) is 2. The van der Waals surface area contributed by atoms with Crippen molar-refractivity contribution in [2.75, 3.05) is 25.5 Å². The lowest BCUT2D eigenvalue weighted by Gasteiger charge is -2.31. The molecule has 2 amide bonds. The number of rotatable bonds is 5. The molecular formula is C23H29N3O4S. The highest BCUT2D eigenvalue weighted by Crippen LogP contribution is 2.27. The lowest BCUT2D eigenvalue weighted by Crippen LogP contribution is -2.41. The summed E-state index contributed by atoms with van der Waals surface area (Å²) in [5, 5.41) is 5.48. The van der Waals surface area contributed by atoms with Gasteiger partial charge >= 0.3 is 0 Å². The van der Waals surface area contributed by atoms with Crippen molar-refractivity contribution in [3.8, 4) is 0 Å². The van der Waals surface area contributed by atoms with Gasteiger partial charge in [-0.05, 0) is 62.9 Å². The Kier molecular flexibility index (Phi) is 6.81. The average molecular weight is 444 g/mol. The minimum atomic E-state index is -3.59. The van der Waals surface area contributed by atoms with E-state index in [1.807, 2.05) is 19.9 Å². The minimum absolute atomic E-state index is 0.152. The van der Waals surface area contributed by atoms with Gasteiger partial charge in [-0.3, -0.25) is 9.59 Å². The molecule has 2 aromatic rings. The zero-order valence-corrected chi connectivity index (χ0v) is 19.2. The maximum absolute atomic E-state index is 13.0. The normalized spacial score (nSPS) is 15.5. The van der Waals surface area contributed by atoms with E-state index >= 15 is 0 Å². The van der Waals surface area contributed by atoms with Crippen LogP contribution in [-0.2, 0) is 14.8 Å². The molecular weight excluding hydrogens is 414 g/mol. The molecule has 0 aromatic heterocycles. The number of nitrogens with one attached hydrogen (secondary N) is 2. The van der Waals surface area contributed by atoms with Gasteiger partial charge in [0.2, 0.25) is 15.9 Å². The lowest BCUT2D eigenvalue weighted by molar-refractivity contribution is -0.120. The van der Waals surface area contributed by atoms with Crippen LogP contribution in [0.3, 0.4) is 0 Å². The second-order valence-electron chi connectivity index (χ2n) is 8.05. The van der Waals surface area contributed by atoms with E-state index in [1.165, 1.54) is 4.31 Å². The number of nitrogens with zero attached hydrogens (tertiary/aromatic N) is 1. The van der Waals surface area contributed by atoms with Crippen molar-refractivity contribution < 1.29 is 18.0 Å². The molecule has 2 N–H and O–H groups in total. The zero-order valence-electron chi connectivity index (χ0n) is 18.4. The molecule has 0 unspecified atom stereocenters. The van der Waals surface area contributed by atoms with Crippen LogP contribution in [0.25, 0.3) is 0 Å². The van der Waals surface area contributed by atoms with Gasteiger partial charge in [0.05, 0.1) is 4.90 Å². The molecule has 166 valence electrons. The predicted molar refractivity (Wildman–Crippen MR) is 121 cm³/mol. The van der Waals surface area contributed by atoms with Crippen molar-refractivity contribution in [1.29, 1.82) is 0 Å². The smallest absolute Gasteiger partial charge is 0.251 e. The number of hydrogen-bond acceptors (Lipinski definition) is 4. The Bertz CT molecular complexity index is 1100. The second-order valence-corrected chi connectivity index (χ2v) is 9.95. The third-order valence-electron chi connectivity index (χ3n) is 5.76. The molecule has 8 heteroatoms. The number of carbonyl (C=O) groups excluding carboxylic acids is 2. The molecule has 1 saturated heterocycles. The largest absolute Gasteiger partial charge is 0.355 e. The van der Waals surface area contributed by atoms with Crippen LogP contribution in [0.5, 0.6) is 0 Å². The molecule has 0 radical (unpaired) electrons. The molecule has 0 aliphatic carbocycles. The van der Waals surface area contributed by atoms with E-state index in [9.17, 15) is 18.0 Å². The summed E-state index contributed by atoms with van der Waals surface area (Å²) in [6, 6.07) is 10.5. The van der Waals surface area contributed by atoms with Crippen molar-refractivity contribution in [2.45, 2.75) is 38.5 Å². The van der Waals surface area contributed by atoms with Gasteiger partial charge < -0.3 is 10.6 Å². The van der Waals surface area contributed by atoms with E-state index in [2.05, 4.69) is 10.6 Å². The van der Waals surface area contributed by atoms with Crippen LogP contribution in [-0.4, -0.2) is 44.7 Å². The summed E-state index contributed by atoms with van der Waals surface area (Å²) < 4.78 is 27.6. The van der Waals surface area contributed by atoms with Gasteiger partial charge in [-0.15, -0.1) is 0 Å². The van der Waals surface area contributed by atoms with Gasteiger partial charge in [0.15, 0.2) is 0 Å². The first-order valence-corrected chi connectivity index (χ1v) is 11.8. The quantitative estimate of drug-likeness (QED) is 0.743. The Morgan fingerprint density at radius 2 is 1.65 bits per heavy atom. The van der Waals surface area contributed by atoms with E-state index in [0.717, 1.165) is 16.7 Å². The van der Waals surface area contributed by atoms with Crippen LogP contribution in [0.1, 0.15) is 39.9 Å². The highest BCUT2D eigenvalue weighted by atomic mass is 32.2. The molecule has 1 aliphatic heterocycles. The summed E-state index contributed by atoms with van der Waals surface area (Å²) in [6.45, 7) is 6.19. The van der Waals surface area contributed by atoms with E-state index in [1.54, 1.807) is 44.3 Å². The molecule has 1 fully saturated rings. The predicted octanol–water partition coefficient (Wildman–Crippen LogP) is 3.01. The molecule has 0 spiro atoms. The Labute approximate surface area is 183 Å².